The lowest BCUT2D eigenvalue weighted by Gasteiger charge is -2.50. The monoisotopic (exact) mass is 388 g/mol. The summed E-state index contributed by atoms with van der Waals surface area (Å²) in [6, 6.07) is 3.30. The van der Waals surface area contributed by atoms with Crippen LogP contribution in [0, 0.1) is 15.5 Å². The number of rotatable bonds is 6. The first-order valence-electron chi connectivity index (χ1n) is 9.56. The molecule has 9 heteroatoms. The van der Waals surface area contributed by atoms with Gasteiger partial charge < -0.3 is 4.90 Å². The van der Waals surface area contributed by atoms with Crippen molar-refractivity contribution in [1.82, 2.24) is 10.6 Å². The maximum Gasteiger partial charge on any atom is 0.328 e. The van der Waals surface area contributed by atoms with E-state index in [2.05, 4.69) is 10.6 Å². The molecule has 3 rings (SSSR count). The predicted molar refractivity (Wildman–Crippen MR) is 102 cm³/mol. The molecular weight excluding hydrogens is 364 g/mol. The molecule has 0 bridgehead atoms. The van der Waals surface area contributed by atoms with Gasteiger partial charge in [0.2, 0.25) is 11.8 Å². The van der Waals surface area contributed by atoms with E-state index in [4.69, 9.17) is 0 Å². The zero-order chi connectivity index (χ0) is 20.5. The van der Waals surface area contributed by atoms with E-state index in [0.29, 0.717) is 18.5 Å². The number of non-ortho nitro benzene ring substituents is 1. The van der Waals surface area contributed by atoms with Gasteiger partial charge in [-0.2, -0.15) is 0 Å². The third-order valence-electron chi connectivity index (χ3n) is 5.58. The lowest BCUT2D eigenvalue weighted by atomic mass is 9.67. The number of nitro benzene ring substituents is 1. The average Bonchev–Trinajstić information content (AvgIpc) is 2.64. The number of imide groups is 2. The second-order valence-corrected chi connectivity index (χ2v) is 7.31. The number of urea groups is 1. The van der Waals surface area contributed by atoms with Crippen LogP contribution in [0.4, 0.5) is 16.2 Å². The lowest BCUT2D eigenvalue weighted by Crippen LogP contribution is -2.71. The lowest BCUT2D eigenvalue weighted by molar-refractivity contribution is -0.384. The highest BCUT2D eigenvalue weighted by atomic mass is 16.6. The molecule has 2 aliphatic rings. The number of unbranched alkanes of at least 4 members (excludes halogenated alkanes) is 1. The summed E-state index contributed by atoms with van der Waals surface area (Å²) in [4.78, 5) is 50.4. The van der Waals surface area contributed by atoms with Crippen LogP contribution < -0.4 is 15.5 Å². The molecule has 0 aliphatic carbocycles. The van der Waals surface area contributed by atoms with Crippen LogP contribution in [-0.4, -0.2) is 35.4 Å². The fourth-order valence-electron chi connectivity index (χ4n) is 4.27. The summed E-state index contributed by atoms with van der Waals surface area (Å²) >= 11 is 0. The highest BCUT2D eigenvalue weighted by Gasteiger charge is 2.59. The van der Waals surface area contributed by atoms with Crippen LogP contribution >= 0.6 is 0 Å². The van der Waals surface area contributed by atoms with Crippen LogP contribution in [0.5, 0.6) is 0 Å². The number of benzene rings is 1. The maximum atomic E-state index is 13.0. The van der Waals surface area contributed by atoms with Crippen molar-refractivity contribution in [2.75, 3.05) is 11.4 Å². The van der Waals surface area contributed by atoms with Gasteiger partial charge in [0.15, 0.2) is 5.41 Å². The normalized spacial score (nSPS) is 20.6. The van der Waals surface area contributed by atoms with E-state index in [1.165, 1.54) is 12.1 Å². The number of hydrogen-bond donors (Lipinski definition) is 2. The number of nitrogens with zero attached hydrogens (tertiary/aromatic N) is 2. The van der Waals surface area contributed by atoms with Crippen molar-refractivity contribution >= 4 is 29.2 Å². The van der Waals surface area contributed by atoms with E-state index in [0.717, 1.165) is 24.9 Å². The second-order valence-electron chi connectivity index (χ2n) is 7.31. The van der Waals surface area contributed by atoms with Gasteiger partial charge in [-0.3, -0.25) is 30.3 Å². The van der Waals surface area contributed by atoms with Crippen LogP contribution in [0.15, 0.2) is 18.2 Å². The fourth-order valence-corrected chi connectivity index (χ4v) is 4.27. The SMILES string of the molecule is CCCCN1c2ccc([N+](=O)[O-])cc2CC2(C(=O)NC(=O)NC2=O)[C@H]1CCC. The van der Waals surface area contributed by atoms with Crippen LogP contribution in [0.1, 0.15) is 45.1 Å². The number of fused-ring (bicyclic) bond motifs is 1. The first-order chi connectivity index (χ1) is 13.3. The Kier molecular flexibility index (Phi) is 5.35. The quantitative estimate of drug-likeness (QED) is 0.438. The summed E-state index contributed by atoms with van der Waals surface area (Å²) in [5, 5.41) is 15.7. The molecule has 1 aromatic rings. The van der Waals surface area contributed by atoms with Crippen molar-refractivity contribution in [2.24, 2.45) is 5.41 Å². The summed E-state index contributed by atoms with van der Waals surface area (Å²) < 4.78 is 0. The third kappa shape index (κ3) is 3.10. The number of hydrogen-bond acceptors (Lipinski definition) is 6. The van der Waals surface area contributed by atoms with E-state index >= 15 is 0 Å². The van der Waals surface area contributed by atoms with E-state index in [-0.39, 0.29) is 12.1 Å². The van der Waals surface area contributed by atoms with E-state index in [9.17, 15) is 24.5 Å². The Morgan fingerprint density at radius 1 is 1.18 bits per heavy atom. The Bertz CT molecular complexity index is 818. The number of carbonyl (C=O) groups is 3. The fraction of sp³-hybridized carbons (Fsp3) is 0.526. The molecule has 150 valence electrons. The number of anilines is 1. The molecule has 0 aromatic heterocycles. The highest BCUT2D eigenvalue weighted by molar-refractivity contribution is 6.20. The largest absolute Gasteiger partial charge is 0.367 e. The molecule has 1 fully saturated rings. The predicted octanol–water partition coefficient (Wildman–Crippen LogP) is 2.28. The Labute approximate surface area is 162 Å². The number of nitro groups is 1. The van der Waals surface area contributed by atoms with Gasteiger partial charge in [-0.15, -0.1) is 0 Å². The minimum absolute atomic E-state index is 0.0161. The van der Waals surface area contributed by atoms with Gasteiger partial charge in [-0.05, 0) is 24.5 Å². The van der Waals surface area contributed by atoms with Crippen molar-refractivity contribution in [1.29, 1.82) is 0 Å². The van der Waals surface area contributed by atoms with Crippen molar-refractivity contribution in [3.05, 3.63) is 33.9 Å². The molecule has 1 atom stereocenters. The van der Waals surface area contributed by atoms with Gasteiger partial charge in [-0.1, -0.05) is 26.7 Å². The summed E-state index contributed by atoms with van der Waals surface area (Å²) in [5.74, 6) is -1.28. The van der Waals surface area contributed by atoms with Gasteiger partial charge in [0, 0.05) is 30.8 Å². The Morgan fingerprint density at radius 2 is 1.86 bits per heavy atom. The molecule has 2 N–H and O–H groups in total. The summed E-state index contributed by atoms with van der Waals surface area (Å²) in [7, 11) is 0. The summed E-state index contributed by atoms with van der Waals surface area (Å²) in [6.07, 6.45) is 3.10. The van der Waals surface area contributed by atoms with Crippen LogP contribution in [0.2, 0.25) is 0 Å². The molecule has 1 aromatic carbocycles. The number of nitrogens with one attached hydrogen (secondary N) is 2. The van der Waals surface area contributed by atoms with Crippen LogP contribution in [0.3, 0.4) is 0 Å². The van der Waals surface area contributed by atoms with Crippen molar-refractivity contribution in [3.63, 3.8) is 0 Å². The molecule has 4 amide bonds. The van der Waals surface area contributed by atoms with Gasteiger partial charge in [0.05, 0.1) is 11.0 Å². The van der Waals surface area contributed by atoms with E-state index in [1.807, 2.05) is 18.7 Å². The molecule has 1 spiro atoms. The third-order valence-corrected chi connectivity index (χ3v) is 5.58. The molecule has 28 heavy (non-hydrogen) atoms. The van der Waals surface area contributed by atoms with Gasteiger partial charge >= 0.3 is 6.03 Å². The van der Waals surface area contributed by atoms with Crippen molar-refractivity contribution < 1.29 is 19.3 Å². The molecule has 2 aliphatic heterocycles. The zero-order valence-electron chi connectivity index (χ0n) is 16.0. The molecule has 2 heterocycles. The molecule has 9 nitrogen and oxygen atoms in total. The second kappa shape index (κ2) is 7.57. The van der Waals surface area contributed by atoms with E-state index in [1.54, 1.807) is 6.07 Å². The first kappa shape index (κ1) is 19.8. The molecule has 1 saturated heterocycles. The Balaban J connectivity index is 2.18. The van der Waals surface area contributed by atoms with Crippen molar-refractivity contribution in [3.8, 4) is 0 Å². The number of barbiturate groups is 1. The van der Waals surface area contributed by atoms with Crippen LogP contribution in [-0.2, 0) is 16.0 Å². The van der Waals surface area contributed by atoms with Gasteiger partial charge in [0.1, 0.15) is 0 Å². The van der Waals surface area contributed by atoms with Crippen LogP contribution in [0.25, 0.3) is 0 Å². The summed E-state index contributed by atoms with van der Waals surface area (Å²) in [6.45, 7) is 4.63. The molecule has 0 saturated carbocycles. The molecule has 0 radical (unpaired) electrons. The first-order valence-corrected chi connectivity index (χ1v) is 9.56. The summed E-state index contributed by atoms with van der Waals surface area (Å²) in [5.41, 5.74) is -0.219. The Hall–Kier alpha value is -2.97. The smallest absolute Gasteiger partial charge is 0.328 e. The zero-order valence-corrected chi connectivity index (χ0v) is 16.0. The average molecular weight is 388 g/mol. The topological polar surface area (TPSA) is 122 Å². The number of carbonyl (C=O) groups excluding carboxylic acids is 3. The minimum atomic E-state index is -1.50. The number of amides is 4. The molecular formula is C19H24N4O5. The maximum absolute atomic E-state index is 13.0. The van der Waals surface area contributed by atoms with Gasteiger partial charge in [-0.25, -0.2) is 4.79 Å². The van der Waals surface area contributed by atoms with Crippen molar-refractivity contribution in [2.45, 2.75) is 52.0 Å². The molecule has 0 unspecified atom stereocenters. The highest BCUT2D eigenvalue weighted by Crippen LogP contribution is 2.45. The Morgan fingerprint density at radius 3 is 2.43 bits per heavy atom. The van der Waals surface area contributed by atoms with E-state index < -0.39 is 34.2 Å². The van der Waals surface area contributed by atoms with Gasteiger partial charge in [0.25, 0.3) is 5.69 Å². The standard InChI is InChI=1S/C19H24N4O5/c1-3-5-9-22-14-8-7-13(23(27)28)10-12(14)11-19(15(22)6-4-2)16(24)20-18(26)21-17(19)25/h7-8,10,15H,3-6,9,11H2,1-2H3,(H2,20,21,24,25,26)/t15-/m1/s1. The minimum Gasteiger partial charge on any atom is -0.367 e.